The summed E-state index contributed by atoms with van der Waals surface area (Å²) in [6.45, 7) is 0.790. The lowest BCUT2D eigenvalue weighted by Gasteiger charge is -1.96. The maximum atomic E-state index is 5.68. The first-order valence-corrected chi connectivity index (χ1v) is 4.61. The van der Waals surface area contributed by atoms with E-state index in [0.717, 1.165) is 15.9 Å². The van der Waals surface area contributed by atoms with E-state index in [1.54, 1.807) is 0 Å². The van der Waals surface area contributed by atoms with Crippen LogP contribution >= 0.6 is 34.5 Å². The van der Waals surface area contributed by atoms with Crippen molar-refractivity contribution in [1.29, 1.82) is 0 Å². The number of hydrogen-bond acceptors (Lipinski definition) is 2. The molecule has 0 aromatic carbocycles. The van der Waals surface area contributed by atoms with Crippen molar-refractivity contribution in [3.63, 3.8) is 0 Å². The average Bonchev–Trinajstić information content (AvgIpc) is 2.31. The van der Waals surface area contributed by atoms with Crippen LogP contribution in [0, 0.1) is 0 Å². The van der Waals surface area contributed by atoms with Crippen LogP contribution in [-0.2, 0) is 0 Å². The van der Waals surface area contributed by atoms with Crippen LogP contribution in [0.1, 0.15) is 0 Å². The molecular weight excluding hydrogens is 189 g/mol. The first kappa shape index (κ1) is 8.18. The first-order chi connectivity index (χ1) is 4.83. The first-order valence-electron chi connectivity index (χ1n) is 2.88. The topological polar surface area (TPSA) is 12.0 Å². The number of anilines is 1. The standard InChI is InChI=1S/C6H7Cl2NS/c7-3-4-9-6-2-1-5(8)10-6/h1-2,9H,3-4H2. The monoisotopic (exact) mass is 195 g/mol. The van der Waals surface area contributed by atoms with Gasteiger partial charge >= 0.3 is 0 Å². The molecule has 0 aliphatic carbocycles. The molecule has 0 atom stereocenters. The van der Waals surface area contributed by atoms with Gasteiger partial charge in [-0.05, 0) is 12.1 Å². The molecule has 1 N–H and O–H groups in total. The smallest absolute Gasteiger partial charge is 0.0950 e. The molecular formula is C6H7Cl2NS. The third kappa shape index (κ3) is 2.37. The minimum atomic E-state index is 0.621. The Kier molecular flexibility index (Phi) is 3.32. The zero-order valence-corrected chi connectivity index (χ0v) is 7.56. The number of rotatable bonds is 3. The second-order valence-electron chi connectivity index (χ2n) is 1.72. The van der Waals surface area contributed by atoms with E-state index >= 15 is 0 Å². The number of alkyl halides is 1. The Morgan fingerprint density at radius 1 is 1.50 bits per heavy atom. The fourth-order valence-corrected chi connectivity index (χ4v) is 1.64. The van der Waals surface area contributed by atoms with E-state index in [1.807, 2.05) is 12.1 Å². The van der Waals surface area contributed by atoms with Gasteiger partial charge in [-0.25, -0.2) is 0 Å². The summed E-state index contributed by atoms with van der Waals surface area (Å²) in [5.74, 6) is 0.621. The van der Waals surface area contributed by atoms with Crippen molar-refractivity contribution < 1.29 is 0 Å². The van der Waals surface area contributed by atoms with Crippen LogP contribution in [-0.4, -0.2) is 12.4 Å². The van der Waals surface area contributed by atoms with Crippen LogP contribution in [0.15, 0.2) is 12.1 Å². The minimum Gasteiger partial charge on any atom is -0.376 e. The summed E-state index contributed by atoms with van der Waals surface area (Å²) in [4.78, 5) is 0. The Balaban J connectivity index is 2.42. The zero-order valence-electron chi connectivity index (χ0n) is 5.23. The van der Waals surface area contributed by atoms with Crippen LogP contribution in [0.2, 0.25) is 4.34 Å². The van der Waals surface area contributed by atoms with Crippen molar-refractivity contribution in [2.75, 3.05) is 17.7 Å². The van der Waals surface area contributed by atoms with Crippen molar-refractivity contribution in [3.8, 4) is 0 Å². The predicted molar refractivity (Wildman–Crippen MR) is 48.5 cm³/mol. The molecule has 0 saturated heterocycles. The molecule has 0 spiro atoms. The SMILES string of the molecule is ClCCNc1ccc(Cl)s1. The molecule has 56 valence electrons. The average molecular weight is 196 g/mol. The molecule has 1 aromatic heterocycles. The van der Waals surface area contributed by atoms with Crippen molar-refractivity contribution in [1.82, 2.24) is 0 Å². The fourth-order valence-electron chi connectivity index (χ4n) is 0.580. The summed E-state index contributed by atoms with van der Waals surface area (Å²) < 4.78 is 0.803. The van der Waals surface area contributed by atoms with Crippen molar-refractivity contribution in [3.05, 3.63) is 16.5 Å². The molecule has 0 radical (unpaired) electrons. The molecule has 0 fully saturated rings. The van der Waals surface area contributed by atoms with E-state index in [1.165, 1.54) is 11.3 Å². The van der Waals surface area contributed by atoms with Gasteiger partial charge in [-0.2, -0.15) is 0 Å². The highest BCUT2D eigenvalue weighted by atomic mass is 35.5. The lowest BCUT2D eigenvalue weighted by Crippen LogP contribution is -1.99. The van der Waals surface area contributed by atoms with Gasteiger partial charge in [0.25, 0.3) is 0 Å². The summed E-state index contributed by atoms with van der Waals surface area (Å²) in [5, 5.41) is 4.19. The van der Waals surface area contributed by atoms with Gasteiger partial charge in [0.05, 0.1) is 9.34 Å². The molecule has 0 aliphatic rings. The highest BCUT2D eigenvalue weighted by Gasteiger charge is 1.94. The van der Waals surface area contributed by atoms with Gasteiger partial charge in [-0.3, -0.25) is 0 Å². The molecule has 0 unspecified atom stereocenters. The summed E-state index contributed by atoms with van der Waals surface area (Å²) in [6.07, 6.45) is 0. The van der Waals surface area contributed by atoms with E-state index < -0.39 is 0 Å². The number of nitrogens with one attached hydrogen (secondary N) is 1. The molecule has 1 rings (SSSR count). The molecule has 0 bridgehead atoms. The van der Waals surface area contributed by atoms with Gasteiger partial charge in [0.1, 0.15) is 0 Å². The zero-order chi connectivity index (χ0) is 7.40. The highest BCUT2D eigenvalue weighted by Crippen LogP contribution is 2.25. The van der Waals surface area contributed by atoms with Crippen LogP contribution in [0.5, 0.6) is 0 Å². The second-order valence-corrected chi connectivity index (χ2v) is 3.81. The molecule has 0 amide bonds. The molecule has 1 aromatic rings. The lowest BCUT2D eigenvalue weighted by molar-refractivity contribution is 1.24. The van der Waals surface area contributed by atoms with Crippen LogP contribution in [0.3, 0.4) is 0 Å². The maximum absolute atomic E-state index is 5.68. The van der Waals surface area contributed by atoms with E-state index in [2.05, 4.69) is 5.32 Å². The van der Waals surface area contributed by atoms with Gasteiger partial charge in [-0.15, -0.1) is 22.9 Å². The molecule has 0 aliphatic heterocycles. The van der Waals surface area contributed by atoms with E-state index in [9.17, 15) is 0 Å². The summed E-state index contributed by atoms with van der Waals surface area (Å²) in [7, 11) is 0. The van der Waals surface area contributed by atoms with Gasteiger partial charge in [0.2, 0.25) is 0 Å². The normalized spacial score (nSPS) is 9.80. The third-order valence-electron chi connectivity index (χ3n) is 0.967. The molecule has 10 heavy (non-hydrogen) atoms. The molecule has 1 heterocycles. The number of thiophene rings is 1. The van der Waals surface area contributed by atoms with Crippen LogP contribution in [0.4, 0.5) is 5.00 Å². The van der Waals surface area contributed by atoms with Crippen LogP contribution in [0.25, 0.3) is 0 Å². The Hall–Kier alpha value is 0.0800. The quantitative estimate of drug-likeness (QED) is 0.732. The minimum absolute atomic E-state index is 0.621. The van der Waals surface area contributed by atoms with Gasteiger partial charge in [0.15, 0.2) is 0 Å². The van der Waals surface area contributed by atoms with E-state index in [0.29, 0.717) is 5.88 Å². The van der Waals surface area contributed by atoms with E-state index in [-0.39, 0.29) is 0 Å². The van der Waals surface area contributed by atoms with Crippen molar-refractivity contribution in [2.45, 2.75) is 0 Å². The van der Waals surface area contributed by atoms with Crippen LogP contribution < -0.4 is 5.32 Å². The Morgan fingerprint density at radius 2 is 2.30 bits per heavy atom. The Labute approximate surface area is 74.0 Å². The second kappa shape index (κ2) is 4.06. The largest absolute Gasteiger partial charge is 0.376 e. The Bertz CT molecular complexity index is 199. The van der Waals surface area contributed by atoms with Gasteiger partial charge < -0.3 is 5.32 Å². The predicted octanol–water partition coefficient (Wildman–Crippen LogP) is 3.05. The summed E-state index contributed by atoms with van der Waals surface area (Å²) in [5.41, 5.74) is 0. The third-order valence-corrected chi connectivity index (χ3v) is 2.34. The van der Waals surface area contributed by atoms with Gasteiger partial charge in [-0.1, -0.05) is 11.6 Å². The van der Waals surface area contributed by atoms with Gasteiger partial charge in [0, 0.05) is 12.4 Å². The molecule has 0 saturated carbocycles. The molecule has 1 nitrogen and oxygen atoms in total. The maximum Gasteiger partial charge on any atom is 0.0950 e. The molecule has 4 heteroatoms. The van der Waals surface area contributed by atoms with Crippen molar-refractivity contribution >= 4 is 39.5 Å². The summed E-state index contributed by atoms with van der Waals surface area (Å²) >= 11 is 12.7. The van der Waals surface area contributed by atoms with Crippen molar-refractivity contribution in [2.24, 2.45) is 0 Å². The summed E-state index contributed by atoms with van der Waals surface area (Å²) in [6, 6.07) is 3.81. The Morgan fingerprint density at radius 3 is 2.80 bits per heavy atom. The number of hydrogen-bond donors (Lipinski definition) is 1. The van der Waals surface area contributed by atoms with E-state index in [4.69, 9.17) is 23.2 Å². The number of halogens is 2. The fraction of sp³-hybridized carbons (Fsp3) is 0.333. The highest BCUT2D eigenvalue weighted by molar-refractivity contribution is 7.19. The lowest BCUT2D eigenvalue weighted by atomic mass is 10.6.